The van der Waals surface area contributed by atoms with Crippen LogP contribution in [0.15, 0.2) is 30.3 Å². The van der Waals surface area contributed by atoms with Gasteiger partial charge in [-0.2, -0.15) is 0 Å². The summed E-state index contributed by atoms with van der Waals surface area (Å²) in [5.74, 6) is 0. The number of hydrogen-bond donors (Lipinski definition) is 0. The zero-order valence-electron chi connectivity index (χ0n) is 21.7. The molecule has 1 saturated heterocycles. The number of rotatable bonds is 8. The third-order valence-corrected chi connectivity index (χ3v) is 16.7. The molecule has 1 fully saturated rings. The Morgan fingerprint density at radius 3 is 1.61 bits per heavy atom. The van der Waals surface area contributed by atoms with Crippen molar-refractivity contribution in [2.45, 2.75) is 96.4 Å². The molecule has 178 valence electrons. The van der Waals surface area contributed by atoms with Crippen LogP contribution in [0.4, 0.5) is 0 Å². The van der Waals surface area contributed by atoms with Crippen LogP contribution in [0.3, 0.4) is 0 Å². The SMILES string of the molecule is CC(C)(C)[Si](C)(C)OC[C@H]1COC[C@H](CO[Si](C)(C)C(C)(C)C)N1Cc1ccccc1. The van der Waals surface area contributed by atoms with E-state index in [9.17, 15) is 0 Å². The van der Waals surface area contributed by atoms with E-state index in [2.05, 4.69) is 103 Å². The Hall–Kier alpha value is -0.506. The van der Waals surface area contributed by atoms with E-state index >= 15 is 0 Å². The van der Waals surface area contributed by atoms with Crippen LogP contribution in [0.1, 0.15) is 47.1 Å². The van der Waals surface area contributed by atoms with E-state index in [0.717, 1.165) is 33.0 Å². The zero-order valence-corrected chi connectivity index (χ0v) is 23.7. The lowest BCUT2D eigenvalue weighted by atomic mass is 10.1. The molecule has 1 aliphatic heterocycles. The fraction of sp³-hybridized carbons (Fsp3) is 0.760. The van der Waals surface area contributed by atoms with Gasteiger partial charge in [0.1, 0.15) is 0 Å². The smallest absolute Gasteiger partial charge is 0.192 e. The number of ether oxygens (including phenoxy) is 1. The van der Waals surface area contributed by atoms with Gasteiger partial charge in [-0.05, 0) is 41.8 Å². The summed E-state index contributed by atoms with van der Waals surface area (Å²) in [5.41, 5.74) is 1.33. The van der Waals surface area contributed by atoms with Crippen molar-refractivity contribution in [2.24, 2.45) is 0 Å². The quantitative estimate of drug-likeness (QED) is 0.422. The zero-order chi connectivity index (χ0) is 23.5. The summed E-state index contributed by atoms with van der Waals surface area (Å²) in [6.45, 7) is 26.9. The van der Waals surface area contributed by atoms with Crippen LogP contribution < -0.4 is 0 Å². The summed E-state index contributed by atoms with van der Waals surface area (Å²) in [6.07, 6.45) is 0. The van der Waals surface area contributed by atoms with Crippen molar-refractivity contribution in [1.29, 1.82) is 0 Å². The molecule has 0 unspecified atom stereocenters. The van der Waals surface area contributed by atoms with Crippen LogP contribution in [-0.2, 0) is 20.1 Å². The number of morpholine rings is 1. The first-order valence-corrected chi connectivity index (χ1v) is 17.6. The monoisotopic (exact) mass is 465 g/mol. The van der Waals surface area contributed by atoms with Crippen LogP contribution in [0, 0.1) is 0 Å². The van der Waals surface area contributed by atoms with Crippen LogP contribution in [0.25, 0.3) is 0 Å². The van der Waals surface area contributed by atoms with Crippen LogP contribution in [0.2, 0.25) is 36.3 Å². The maximum Gasteiger partial charge on any atom is 0.192 e. The molecule has 0 aromatic heterocycles. The summed E-state index contributed by atoms with van der Waals surface area (Å²) in [4.78, 5) is 2.58. The highest BCUT2D eigenvalue weighted by Crippen LogP contribution is 2.38. The lowest BCUT2D eigenvalue weighted by Crippen LogP contribution is -2.57. The predicted molar refractivity (Wildman–Crippen MR) is 137 cm³/mol. The number of nitrogens with zero attached hydrogens (tertiary/aromatic N) is 1. The second-order valence-electron chi connectivity index (χ2n) is 12.1. The third-order valence-electron chi connectivity index (χ3n) is 7.65. The lowest BCUT2D eigenvalue weighted by Gasteiger charge is -2.45. The Morgan fingerprint density at radius 1 is 0.806 bits per heavy atom. The minimum absolute atomic E-state index is 0.206. The maximum atomic E-state index is 6.63. The summed E-state index contributed by atoms with van der Waals surface area (Å²) >= 11 is 0. The minimum Gasteiger partial charge on any atom is -0.415 e. The molecule has 6 heteroatoms. The Kier molecular flexibility index (Phi) is 8.78. The second kappa shape index (κ2) is 10.2. The van der Waals surface area contributed by atoms with Crippen molar-refractivity contribution in [2.75, 3.05) is 26.4 Å². The van der Waals surface area contributed by atoms with Gasteiger partial charge < -0.3 is 13.6 Å². The van der Waals surface area contributed by atoms with Crippen molar-refractivity contribution < 1.29 is 13.6 Å². The topological polar surface area (TPSA) is 30.9 Å². The van der Waals surface area contributed by atoms with E-state index in [1.807, 2.05) is 0 Å². The van der Waals surface area contributed by atoms with Gasteiger partial charge >= 0.3 is 0 Å². The lowest BCUT2D eigenvalue weighted by molar-refractivity contribution is -0.0798. The molecular weight excluding hydrogens is 418 g/mol. The summed E-state index contributed by atoms with van der Waals surface area (Å²) in [7, 11) is -3.62. The van der Waals surface area contributed by atoms with Gasteiger partial charge in [0, 0.05) is 6.54 Å². The molecule has 1 aromatic carbocycles. The van der Waals surface area contributed by atoms with Crippen LogP contribution >= 0.6 is 0 Å². The van der Waals surface area contributed by atoms with Gasteiger partial charge in [-0.3, -0.25) is 4.90 Å². The summed E-state index contributed by atoms with van der Waals surface area (Å²) in [6, 6.07) is 11.3. The molecule has 2 atom stereocenters. The molecule has 0 saturated carbocycles. The molecular formula is C25H47NO3Si2. The fourth-order valence-corrected chi connectivity index (χ4v) is 5.30. The molecule has 0 aliphatic carbocycles. The van der Waals surface area contributed by atoms with E-state index in [1.54, 1.807) is 0 Å². The number of benzene rings is 1. The summed E-state index contributed by atoms with van der Waals surface area (Å²) < 4.78 is 19.4. The molecule has 2 rings (SSSR count). The first-order chi connectivity index (χ1) is 14.1. The van der Waals surface area contributed by atoms with Crippen LogP contribution in [0.5, 0.6) is 0 Å². The number of hydrogen-bond acceptors (Lipinski definition) is 4. The first-order valence-electron chi connectivity index (χ1n) is 11.8. The van der Waals surface area contributed by atoms with E-state index < -0.39 is 16.6 Å². The molecule has 4 nitrogen and oxygen atoms in total. The van der Waals surface area contributed by atoms with Crippen molar-refractivity contribution in [3.05, 3.63) is 35.9 Å². The Balaban J connectivity index is 2.17. The molecule has 0 N–H and O–H groups in total. The predicted octanol–water partition coefficient (Wildman–Crippen LogP) is 6.30. The van der Waals surface area contributed by atoms with E-state index in [-0.39, 0.29) is 22.2 Å². The average molecular weight is 466 g/mol. The highest BCUT2D eigenvalue weighted by atomic mass is 28.4. The third kappa shape index (κ3) is 7.24. The van der Waals surface area contributed by atoms with Crippen molar-refractivity contribution >= 4 is 16.6 Å². The Morgan fingerprint density at radius 2 is 1.23 bits per heavy atom. The second-order valence-corrected chi connectivity index (χ2v) is 21.8. The van der Waals surface area contributed by atoms with Gasteiger partial charge in [0.15, 0.2) is 16.6 Å². The highest BCUT2D eigenvalue weighted by Gasteiger charge is 2.41. The normalized spacial score (nSPS) is 22.0. The Bertz CT molecular complexity index is 642. The molecule has 31 heavy (non-hydrogen) atoms. The molecule has 1 aromatic rings. The Labute approximate surface area is 193 Å². The molecule has 0 bridgehead atoms. The average Bonchev–Trinajstić information content (AvgIpc) is 2.65. The molecule has 1 heterocycles. The minimum atomic E-state index is -1.81. The van der Waals surface area contributed by atoms with Crippen molar-refractivity contribution in [3.63, 3.8) is 0 Å². The molecule has 0 spiro atoms. The fourth-order valence-electron chi connectivity index (χ4n) is 3.21. The van der Waals surface area contributed by atoms with Crippen molar-refractivity contribution in [3.8, 4) is 0 Å². The molecule has 1 aliphatic rings. The standard InChI is InChI=1S/C25H47NO3Si2/c1-24(2,3)30(7,8)28-19-22-17-27-18-23(20-29-31(9,10)25(4,5)6)26(22)16-21-14-12-11-13-15-21/h11-15,22-23H,16-20H2,1-10H3/t22-,23-/m1/s1. The van der Waals surface area contributed by atoms with Gasteiger partial charge in [-0.1, -0.05) is 71.9 Å². The molecule has 0 radical (unpaired) electrons. The van der Waals surface area contributed by atoms with Crippen LogP contribution in [-0.4, -0.2) is 60.0 Å². The van der Waals surface area contributed by atoms with Gasteiger partial charge in [0.25, 0.3) is 0 Å². The highest BCUT2D eigenvalue weighted by molar-refractivity contribution is 6.74. The van der Waals surface area contributed by atoms with E-state index in [0.29, 0.717) is 0 Å². The summed E-state index contributed by atoms with van der Waals surface area (Å²) in [5, 5.41) is 0.412. The van der Waals surface area contributed by atoms with Gasteiger partial charge in [0.2, 0.25) is 0 Å². The largest absolute Gasteiger partial charge is 0.415 e. The van der Waals surface area contributed by atoms with Gasteiger partial charge in [-0.25, -0.2) is 0 Å². The van der Waals surface area contributed by atoms with E-state index in [4.69, 9.17) is 13.6 Å². The van der Waals surface area contributed by atoms with Gasteiger partial charge in [-0.15, -0.1) is 0 Å². The molecule has 0 amide bonds. The van der Waals surface area contributed by atoms with E-state index in [1.165, 1.54) is 5.56 Å². The first kappa shape index (κ1) is 26.7. The maximum absolute atomic E-state index is 6.63. The van der Waals surface area contributed by atoms with Gasteiger partial charge in [0.05, 0.1) is 38.5 Å². The van der Waals surface area contributed by atoms with Crippen molar-refractivity contribution in [1.82, 2.24) is 4.90 Å².